The molecule has 0 atom stereocenters. The Bertz CT molecular complexity index is 504. The first-order valence-electron chi connectivity index (χ1n) is 8.67. The molecule has 0 radical (unpaired) electrons. The number of urea groups is 1. The van der Waals surface area contributed by atoms with Gasteiger partial charge in [-0.3, -0.25) is 0 Å². The van der Waals surface area contributed by atoms with Gasteiger partial charge in [0.2, 0.25) is 0 Å². The van der Waals surface area contributed by atoms with Gasteiger partial charge in [-0.2, -0.15) is 0 Å². The number of amides is 2. The van der Waals surface area contributed by atoms with Gasteiger partial charge in [-0.05, 0) is 69.0 Å². The van der Waals surface area contributed by atoms with E-state index in [2.05, 4.69) is 10.2 Å². The lowest BCUT2D eigenvalue weighted by atomic mass is 9.96. The van der Waals surface area contributed by atoms with Crippen molar-refractivity contribution in [2.24, 2.45) is 5.92 Å². The molecule has 2 amide bonds. The molecule has 1 aromatic carbocycles. The lowest BCUT2D eigenvalue weighted by Crippen LogP contribution is -2.43. The highest BCUT2D eigenvalue weighted by Crippen LogP contribution is 2.22. The third-order valence-electron chi connectivity index (χ3n) is 4.96. The number of ether oxygens (including phenoxy) is 1. The van der Waals surface area contributed by atoms with E-state index in [4.69, 9.17) is 4.74 Å². The van der Waals surface area contributed by atoms with Crippen molar-refractivity contribution in [1.82, 2.24) is 9.80 Å². The summed E-state index contributed by atoms with van der Waals surface area (Å²) < 4.78 is 5.13. The summed E-state index contributed by atoms with van der Waals surface area (Å²) in [5, 5.41) is 2.97. The molecule has 0 aliphatic carbocycles. The van der Waals surface area contributed by atoms with E-state index in [0.29, 0.717) is 0 Å². The van der Waals surface area contributed by atoms with Crippen molar-refractivity contribution in [2.75, 3.05) is 45.2 Å². The van der Waals surface area contributed by atoms with Crippen LogP contribution in [0, 0.1) is 5.92 Å². The number of rotatable bonds is 4. The fourth-order valence-electron chi connectivity index (χ4n) is 3.53. The first-order valence-corrected chi connectivity index (χ1v) is 8.67. The van der Waals surface area contributed by atoms with Crippen molar-refractivity contribution >= 4 is 11.7 Å². The van der Waals surface area contributed by atoms with Crippen LogP contribution in [0.4, 0.5) is 10.5 Å². The lowest BCUT2D eigenvalue weighted by Gasteiger charge is -2.33. The van der Waals surface area contributed by atoms with Crippen LogP contribution in [0.3, 0.4) is 0 Å². The highest BCUT2D eigenvalue weighted by atomic mass is 16.5. The van der Waals surface area contributed by atoms with Gasteiger partial charge in [-0.15, -0.1) is 0 Å². The smallest absolute Gasteiger partial charge is 0.321 e. The molecule has 1 aromatic rings. The Morgan fingerprint density at radius 3 is 2.39 bits per heavy atom. The Balaban J connectivity index is 1.43. The number of methoxy groups -OCH3 is 1. The molecule has 0 spiro atoms. The first-order chi connectivity index (χ1) is 11.2. The summed E-state index contributed by atoms with van der Waals surface area (Å²) in [5.74, 6) is 1.55. The molecular weight excluding hydrogens is 290 g/mol. The second kappa shape index (κ2) is 7.68. The Hall–Kier alpha value is -1.75. The van der Waals surface area contributed by atoms with Gasteiger partial charge in [0.25, 0.3) is 0 Å². The predicted octanol–water partition coefficient (Wildman–Crippen LogP) is 3.03. The second-order valence-electron chi connectivity index (χ2n) is 6.60. The van der Waals surface area contributed by atoms with Crippen molar-refractivity contribution in [3.8, 4) is 5.75 Å². The average molecular weight is 317 g/mol. The summed E-state index contributed by atoms with van der Waals surface area (Å²) in [7, 11) is 1.64. The number of hydrogen-bond acceptors (Lipinski definition) is 3. The number of nitrogens with zero attached hydrogens (tertiary/aromatic N) is 2. The monoisotopic (exact) mass is 317 g/mol. The van der Waals surface area contributed by atoms with Crippen LogP contribution in [0.5, 0.6) is 5.75 Å². The van der Waals surface area contributed by atoms with Crippen LogP contribution < -0.4 is 10.1 Å². The Labute approximate surface area is 138 Å². The van der Waals surface area contributed by atoms with Crippen molar-refractivity contribution in [3.63, 3.8) is 0 Å². The summed E-state index contributed by atoms with van der Waals surface area (Å²) in [4.78, 5) is 16.9. The topological polar surface area (TPSA) is 44.8 Å². The largest absolute Gasteiger partial charge is 0.497 e. The molecule has 0 bridgehead atoms. The molecule has 0 aromatic heterocycles. The molecular formula is C18H27N3O2. The van der Waals surface area contributed by atoms with E-state index in [9.17, 15) is 4.79 Å². The zero-order chi connectivity index (χ0) is 16.1. The van der Waals surface area contributed by atoms with Gasteiger partial charge in [0.1, 0.15) is 5.75 Å². The number of piperidine rings is 1. The minimum absolute atomic E-state index is 0.00906. The van der Waals surface area contributed by atoms with E-state index >= 15 is 0 Å². The number of nitrogens with one attached hydrogen (secondary N) is 1. The molecule has 3 rings (SSSR count). The maximum atomic E-state index is 12.3. The summed E-state index contributed by atoms with van der Waals surface area (Å²) in [6.07, 6.45) is 4.94. The predicted molar refractivity (Wildman–Crippen MR) is 92.0 cm³/mol. The van der Waals surface area contributed by atoms with Crippen molar-refractivity contribution in [2.45, 2.75) is 25.7 Å². The molecule has 2 fully saturated rings. The van der Waals surface area contributed by atoms with Crippen LogP contribution in [0.25, 0.3) is 0 Å². The van der Waals surface area contributed by atoms with E-state index < -0.39 is 0 Å². The SMILES string of the molecule is COc1ccc(NC(=O)N2CCC(CN3CCCC3)CC2)cc1. The van der Waals surface area contributed by atoms with E-state index in [1.807, 2.05) is 29.2 Å². The lowest BCUT2D eigenvalue weighted by molar-refractivity contribution is 0.163. The first kappa shape index (κ1) is 16.1. The summed E-state index contributed by atoms with van der Waals surface area (Å²) in [6, 6.07) is 7.47. The molecule has 2 aliphatic heterocycles. The minimum atomic E-state index is 0.00906. The summed E-state index contributed by atoms with van der Waals surface area (Å²) in [6.45, 7) is 5.46. The van der Waals surface area contributed by atoms with Gasteiger partial charge in [0, 0.05) is 25.3 Å². The van der Waals surface area contributed by atoms with Gasteiger partial charge < -0.3 is 19.9 Å². The van der Waals surface area contributed by atoms with E-state index in [1.54, 1.807) is 7.11 Å². The van der Waals surface area contributed by atoms with Gasteiger partial charge in [0.05, 0.1) is 7.11 Å². The third-order valence-corrected chi connectivity index (χ3v) is 4.96. The van der Waals surface area contributed by atoms with E-state index in [0.717, 1.165) is 43.3 Å². The van der Waals surface area contributed by atoms with Crippen molar-refractivity contribution < 1.29 is 9.53 Å². The van der Waals surface area contributed by atoms with Crippen molar-refractivity contribution in [1.29, 1.82) is 0 Å². The van der Waals surface area contributed by atoms with Crippen LogP contribution in [0.2, 0.25) is 0 Å². The molecule has 2 aliphatic rings. The van der Waals surface area contributed by atoms with E-state index in [1.165, 1.54) is 32.5 Å². The molecule has 0 unspecified atom stereocenters. The quantitative estimate of drug-likeness (QED) is 0.928. The van der Waals surface area contributed by atoms with Gasteiger partial charge in [-0.1, -0.05) is 0 Å². The molecule has 2 saturated heterocycles. The van der Waals surface area contributed by atoms with Crippen LogP contribution in [0.15, 0.2) is 24.3 Å². The average Bonchev–Trinajstić information content (AvgIpc) is 3.09. The summed E-state index contributed by atoms with van der Waals surface area (Å²) >= 11 is 0. The maximum Gasteiger partial charge on any atom is 0.321 e. The van der Waals surface area contributed by atoms with Crippen LogP contribution in [-0.2, 0) is 0 Å². The molecule has 126 valence electrons. The molecule has 1 N–H and O–H groups in total. The van der Waals surface area contributed by atoms with Gasteiger partial charge >= 0.3 is 6.03 Å². The fraction of sp³-hybridized carbons (Fsp3) is 0.611. The highest BCUT2D eigenvalue weighted by Gasteiger charge is 2.25. The fourth-order valence-corrected chi connectivity index (χ4v) is 3.53. The Morgan fingerprint density at radius 2 is 1.78 bits per heavy atom. The Morgan fingerprint density at radius 1 is 1.13 bits per heavy atom. The zero-order valence-electron chi connectivity index (χ0n) is 14.0. The Kier molecular flexibility index (Phi) is 5.39. The van der Waals surface area contributed by atoms with Crippen molar-refractivity contribution in [3.05, 3.63) is 24.3 Å². The third kappa shape index (κ3) is 4.38. The highest BCUT2D eigenvalue weighted by molar-refractivity contribution is 5.89. The van der Waals surface area contributed by atoms with Crippen LogP contribution in [0.1, 0.15) is 25.7 Å². The van der Waals surface area contributed by atoms with Crippen LogP contribution in [-0.4, -0.2) is 55.7 Å². The zero-order valence-corrected chi connectivity index (χ0v) is 14.0. The number of carbonyl (C=O) groups is 1. The number of hydrogen-bond donors (Lipinski definition) is 1. The van der Waals surface area contributed by atoms with E-state index in [-0.39, 0.29) is 6.03 Å². The normalized spacial score (nSPS) is 19.8. The number of benzene rings is 1. The molecule has 5 heteroatoms. The number of likely N-dealkylation sites (tertiary alicyclic amines) is 2. The number of anilines is 1. The molecule has 5 nitrogen and oxygen atoms in total. The van der Waals surface area contributed by atoms with Gasteiger partial charge in [0.15, 0.2) is 0 Å². The summed E-state index contributed by atoms with van der Waals surface area (Å²) in [5.41, 5.74) is 0.815. The molecule has 0 saturated carbocycles. The van der Waals surface area contributed by atoms with Gasteiger partial charge in [-0.25, -0.2) is 4.79 Å². The maximum absolute atomic E-state index is 12.3. The number of carbonyl (C=O) groups excluding carboxylic acids is 1. The van der Waals surface area contributed by atoms with Crippen LogP contribution >= 0.6 is 0 Å². The molecule has 2 heterocycles. The molecule has 23 heavy (non-hydrogen) atoms. The minimum Gasteiger partial charge on any atom is -0.497 e. The standard InChI is InChI=1S/C18H27N3O2/c1-23-17-6-4-16(5-7-17)19-18(22)21-12-8-15(9-13-21)14-20-10-2-3-11-20/h4-7,15H,2-3,8-14H2,1H3,(H,19,22). The second-order valence-corrected chi connectivity index (χ2v) is 6.60.